The van der Waals surface area contributed by atoms with Gasteiger partial charge in [-0.25, -0.2) is 4.79 Å². The van der Waals surface area contributed by atoms with E-state index in [4.69, 9.17) is 24.4 Å². The predicted molar refractivity (Wildman–Crippen MR) is 108 cm³/mol. The minimum Gasteiger partial charge on any atom is -0.466 e. The summed E-state index contributed by atoms with van der Waals surface area (Å²) in [6.07, 6.45) is 12.5. The van der Waals surface area contributed by atoms with Gasteiger partial charge in [-0.3, -0.25) is 0 Å². The zero-order valence-electron chi connectivity index (χ0n) is 18.0. The molecule has 4 aliphatic rings. The Balaban J connectivity index is 0.000000172. The van der Waals surface area contributed by atoms with Crippen molar-refractivity contribution in [3.05, 3.63) is 12.2 Å². The molecule has 0 bridgehead atoms. The van der Waals surface area contributed by atoms with E-state index in [2.05, 4.69) is 11.3 Å². The van der Waals surface area contributed by atoms with E-state index in [1.165, 1.54) is 26.4 Å². The predicted octanol–water partition coefficient (Wildman–Crippen LogP) is 3.57. The van der Waals surface area contributed by atoms with Crippen LogP contribution in [0.4, 0.5) is 0 Å². The van der Waals surface area contributed by atoms with Crippen LogP contribution in [-0.2, 0) is 23.7 Å². The molecule has 2 aliphatic heterocycles. The van der Waals surface area contributed by atoms with Crippen LogP contribution >= 0.6 is 0 Å². The van der Waals surface area contributed by atoms with E-state index in [1.54, 1.807) is 6.92 Å². The molecule has 29 heavy (non-hydrogen) atoms. The largest absolute Gasteiger partial charge is 0.466 e. The lowest BCUT2D eigenvalue weighted by molar-refractivity contribution is -0.223. The molecule has 2 saturated heterocycles. The Morgan fingerprint density at radius 2 is 1.55 bits per heavy atom. The minimum atomic E-state index is -1.32. The molecule has 168 valence electrons. The zero-order valence-corrected chi connectivity index (χ0v) is 18.0. The normalized spacial score (nSPS) is 29.4. The molecule has 2 saturated carbocycles. The van der Waals surface area contributed by atoms with Gasteiger partial charge in [0.2, 0.25) is 0 Å². The first kappa shape index (κ1) is 24.3. The van der Waals surface area contributed by atoms with Crippen LogP contribution in [0.25, 0.3) is 0 Å². The van der Waals surface area contributed by atoms with Crippen molar-refractivity contribution in [1.29, 1.82) is 0 Å². The maximum absolute atomic E-state index is 10.2. The van der Waals surface area contributed by atoms with Gasteiger partial charge in [0.15, 0.2) is 17.9 Å². The molecular formula is C22H38O7. The Labute approximate surface area is 174 Å². The van der Waals surface area contributed by atoms with Crippen molar-refractivity contribution in [2.45, 2.75) is 108 Å². The number of fused-ring (bicyclic) bond motifs is 1. The second-order valence-electron chi connectivity index (χ2n) is 8.44. The summed E-state index contributed by atoms with van der Waals surface area (Å²) in [7, 11) is 1.33. The molecule has 0 aromatic carbocycles. The number of hydrogen-bond donors (Lipinski definition) is 2. The van der Waals surface area contributed by atoms with Crippen LogP contribution < -0.4 is 0 Å². The van der Waals surface area contributed by atoms with E-state index in [9.17, 15) is 4.79 Å². The average Bonchev–Trinajstić information content (AvgIpc) is 3.05. The van der Waals surface area contributed by atoms with Crippen LogP contribution in [0.1, 0.15) is 84.0 Å². The van der Waals surface area contributed by atoms with Crippen molar-refractivity contribution in [2.24, 2.45) is 0 Å². The van der Waals surface area contributed by atoms with Crippen LogP contribution in [0.5, 0.6) is 0 Å². The van der Waals surface area contributed by atoms with Gasteiger partial charge in [0.25, 0.3) is 0 Å². The fraction of sp³-hybridized carbons (Fsp3) is 0.864. The summed E-state index contributed by atoms with van der Waals surface area (Å²) in [6, 6.07) is 0. The van der Waals surface area contributed by atoms with Gasteiger partial charge in [-0.15, -0.1) is 0 Å². The van der Waals surface area contributed by atoms with Gasteiger partial charge < -0.3 is 29.2 Å². The third-order valence-electron chi connectivity index (χ3n) is 5.72. The molecule has 0 aromatic heterocycles. The fourth-order valence-corrected chi connectivity index (χ4v) is 4.09. The number of aliphatic hydroxyl groups is 2. The van der Waals surface area contributed by atoms with Crippen molar-refractivity contribution in [3.8, 4) is 0 Å². The zero-order chi connectivity index (χ0) is 21.3. The summed E-state index contributed by atoms with van der Waals surface area (Å²) in [5.41, 5.74) is 0.433. The summed E-state index contributed by atoms with van der Waals surface area (Å²) in [6.45, 7) is 5.79. The quantitative estimate of drug-likeness (QED) is 0.385. The van der Waals surface area contributed by atoms with E-state index >= 15 is 0 Å². The third kappa shape index (κ3) is 7.98. The van der Waals surface area contributed by atoms with Gasteiger partial charge in [-0.05, 0) is 45.4 Å². The molecule has 2 unspecified atom stereocenters. The van der Waals surface area contributed by atoms with E-state index in [1.807, 2.05) is 0 Å². The first-order valence-corrected chi connectivity index (χ1v) is 10.9. The van der Waals surface area contributed by atoms with Gasteiger partial charge in [0.05, 0.1) is 7.11 Å². The van der Waals surface area contributed by atoms with Gasteiger partial charge in [-0.1, -0.05) is 19.4 Å². The topological polar surface area (TPSA) is 94.5 Å². The summed E-state index contributed by atoms with van der Waals surface area (Å²) >= 11 is 0. The number of methoxy groups -OCH3 is 1. The SMILES string of the molecule is C1CCC2(CC1)OC1CCCOC1O2.C=C(C)C(=O)OC.OC1(O)CCCCC1. The maximum Gasteiger partial charge on any atom is 0.332 e. The summed E-state index contributed by atoms with van der Waals surface area (Å²) < 4.78 is 21.9. The first-order chi connectivity index (χ1) is 13.8. The lowest BCUT2D eigenvalue weighted by Gasteiger charge is -2.31. The standard InChI is InChI=1S/C11H18O3.C6H12O2.C5H8O2/c1-2-6-11(7-3-1)13-9-5-4-8-12-10(9)14-11;7-6(8)4-2-1-3-5-6;1-4(2)5(6)7-3/h9-10H,1-8H2;7-8H,1-5H2;1H2,2-3H3. The van der Waals surface area contributed by atoms with E-state index in [0.29, 0.717) is 18.4 Å². The Hall–Kier alpha value is -0.990. The van der Waals surface area contributed by atoms with Crippen LogP contribution in [0.2, 0.25) is 0 Å². The van der Waals surface area contributed by atoms with Crippen molar-refractivity contribution in [1.82, 2.24) is 0 Å². The molecule has 7 heteroatoms. The van der Waals surface area contributed by atoms with E-state index in [0.717, 1.165) is 51.6 Å². The fourth-order valence-electron chi connectivity index (χ4n) is 4.09. The molecule has 0 aromatic rings. The Bertz CT molecular complexity index is 501. The third-order valence-corrected chi connectivity index (χ3v) is 5.72. The molecule has 2 atom stereocenters. The number of carbonyl (C=O) groups excluding carboxylic acids is 1. The van der Waals surface area contributed by atoms with Gasteiger partial charge in [0.1, 0.15) is 6.10 Å². The van der Waals surface area contributed by atoms with Crippen molar-refractivity contribution in [2.75, 3.05) is 13.7 Å². The number of hydrogen-bond acceptors (Lipinski definition) is 7. The van der Waals surface area contributed by atoms with Gasteiger partial charge in [-0.2, -0.15) is 0 Å². The second-order valence-corrected chi connectivity index (χ2v) is 8.44. The Morgan fingerprint density at radius 1 is 0.966 bits per heavy atom. The van der Waals surface area contributed by atoms with E-state index in [-0.39, 0.29) is 24.2 Å². The monoisotopic (exact) mass is 414 g/mol. The average molecular weight is 415 g/mol. The molecule has 4 fully saturated rings. The smallest absolute Gasteiger partial charge is 0.332 e. The molecular weight excluding hydrogens is 376 g/mol. The highest BCUT2D eigenvalue weighted by Crippen LogP contribution is 2.42. The molecule has 2 heterocycles. The van der Waals surface area contributed by atoms with E-state index < -0.39 is 5.79 Å². The summed E-state index contributed by atoms with van der Waals surface area (Å²) in [4.78, 5) is 10.2. The van der Waals surface area contributed by atoms with Crippen LogP contribution in [0.15, 0.2) is 12.2 Å². The molecule has 7 nitrogen and oxygen atoms in total. The molecule has 0 radical (unpaired) electrons. The molecule has 4 rings (SSSR count). The number of rotatable bonds is 1. The van der Waals surface area contributed by atoms with Gasteiger partial charge >= 0.3 is 5.97 Å². The van der Waals surface area contributed by atoms with Crippen molar-refractivity contribution in [3.63, 3.8) is 0 Å². The Morgan fingerprint density at radius 3 is 1.97 bits per heavy atom. The summed E-state index contributed by atoms with van der Waals surface area (Å²) in [5, 5.41) is 17.9. The molecule has 2 N–H and O–H groups in total. The number of carbonyl (C=O) groups is 1. The van der Waals surface area contributed by atoms with Crippen molar-refractivity contribution < 1.29 is 34.0 Å². The lowest BCUT2D eigenvalue weighted by atomic mass is 9.94. The van der Waals surface area contributed by atoms with Crippen LogP contribution in [0, 0.1) is 0 Å². The second kappa shape index (κ2) is 11.4. The highest BCUT2D eigenvalue weighted by atomic mass is 16.8. The van der Waals surface area contributed by atoms with Crippen molar-refractivity contribution >= 4 is 5.97 Å². The Kier molecular flexibility index (Phi) is 9.56. The maximum atomic E-state index is 10.2. The van der Waals surface area contributed by atoms with Crippen LogP contribution in [-0.4, -0.2) is 53.9 Å². The highest BCUT2D eigenvalue weighted by Gasteiger charge is 2.49. The number of ether oxygens (including phenoxy) is 4. The summed E-state index contributed by atoms with van der Waals surface area (Å²) in [5.74, 6) is -1.93. The molecule has 2 aliphatic carbocycles. The number of esters is 1. The minimum absolute atomic E-state index is 0.0677. The van der Waals surface area contributed by atoms with Gasteiger partial charge in [0, 0.05) is 37.9 Å². The first-order valence-electron chi connectivity index (χ1n) is 10.9. The molecule has 1 spiro atoms. The lowest BCUT2D eigenvalue weighted by Crippen LogP contribution is -2.33. The highest BCUT2D eigenvalue weighted by molar-refractivity contribution is 5.86. The van der Waals surface area contributed by atoms with Crippen LogP contribution in [0.3, 0.4) is 0 Å². The molecule has 0 amide bonds.